The molecular formula is C22H23N3O3S. The molecule has 0 radical (unpaired) electrons. The van der Waals surface area contributed by atoms with Crippen molar-refractivity contribution >= 4 is 26.4 Å². The molecule has 0 bridgehead atoms. The van der Waals surface area contributed by atoms with E-state index in [-0.39, 0.29) is 4.90 Å². The molecule has 0 atom stereocenters. The van der Waals surface area contributed by atoms with Crippen LogP contribution in [0.4, 0.5) is 5.69 Å². The SMILES string of the molecule is Cc1cccc2c(N(C)CCCOc3ccc(S(C)(=O)=O)cc3)c(C#N)cnc12. The molecule has 3 aromatic rings. The third-order valence-corrected chi connectivity index (χ3v) is 5.86. The predicted octanol–water partition coefficient (Wildman–Crippen LogP) is 3.72. The molecule has 6 nitrogen and oxygen atoms in total. The predicted molar refractivity (Wildman–Crippen MR) is 114 cm³/mol. The number of pyridine rings is 1. The van der Waals surface area contributed by atoms with Crippen LogP contribution in [0.5, 0.6) is 5.75 Å². The fourth-order valence-electron chi connectivity index (χ4n) is 3.24. The maximum absolute atomic E-state index is 11.5. The van der Waals surface area contributed by atoms with Gasteiger partial charge in [0.1, 0.15) is 11.8 Å². The molecular weight excluding hydrogens is 386 g/mol. The molecule has 0 aliphatic rings. The van der Waals surface area contributed by atoms with Crippen LogP contribution in [0.25, 0.3) is 10.9 Å². The van der Waals surface area contributed by atoms with Gasteiger partial charge in [0.05, 0.1) is 28.3 Å². The van der Waals surface area contributed by atoms with E-state index in [0.717, 1.165) is 28.6 Å². The van der Waals surface area contributed by atoms with E-state index in [2.05, 4.69) is 16.0 Å². The number of nitriles is 1. The van der Waals surface area contributed by atoms with E-state index < -0.39 is 9.84 Å². The quantitative estimate of drug-likeness (QED) is 0.553. The molecule has 0 aliphatic heterocycles. The average Bonchev–Trinajstić information content (AvgIpc) is 2.70. The van der Waals surface area contributed by atoms with Gasteiger partial charge >= 0.3 is 0 Å². The van der Waals surface area contributed by atoms with E-state index in [9.17, 15) is 13.7 Å². The number of rotatable bonds is 7. The lowest BCUT2D eigenvalue weighted by atomic mass is 10.1. The number of hydrogen-bond donors (Lipinski definition) is 0. The number of nitrogens with zero attached hydrogens (tertiary/aromatic N) is 3. The van der Waals surface area contributed by atoms with E-state index in [1.54, 1.807) is 30.5 Å². The van der Waals surface area contributed by atoms with Crippen molar-refractivity contribution in [1.82, 2.24) is 4.98 Å². The fraction of sp³-hybridized carbons (Fsp3) is 0.273. The molecule has 7 heteroatoms. The van der Waals surface area contributed by atoms with Gasteiger partial charge in [-0.3, -0.25) is 4.98 Å². The molecule has 150 valence electrons. The van der Waals surface area contributed by atoms with E-state index in [1.807, 2.05) is 32.2 Å². The van der Waals surface area contributed by atoms with Crippen molar-refractivity contribution in [3.8, 4) is 11.8 Å². The standard InChI is InChI=1S/C22H23N3O3S/c1-16-6-4-7-20-21(16)24-15-17(14-23)22(20)25(2)12-5-13-28-18-8-10-19(11-9-18)29(3,26)27/h4,6-11,15H,5,12-13H2,1-3H3. The molecule has 3 rings (SSSR count). The van der Waals surface area contributed by atoms with Gasteiger partial charge in [-0.25, -0.2) is 8.42 Å². The summed E-state index contributed by atoms with van der Waals surface area (Å²) in [6, 6.07) is 14.6. The summed E-state index contributed by atoms with van der Waals surface area (Å²) in [7, 11) is -1.25. The molecule has 0 spiro atoms. The second kappa shape index (κ2) is 8.50. The Morgan fingerprint density at radius 3 is 2.55 bits per heavy atom. The minimum Gasteiger partial charge on any atom is -0.494 e. The number of benzene rings is 2. The highest BCUT2D eigenvalue weighted by Gasteiger charge is 2.14. The average molecular weight is 410 g/mol. The number of anilines is 1. The smallest absolute Gasteiger partial charge is 0.175 e. The van der Waals surface area contributed by atoms with Crippen LogP contribution in [-0.2, 0) is 9.84 Å². The summed E-state index contributed by atoms with van der Waals surface area (Å²) in [5, 5.41) is 10.5. The van der Waals surface area contributed by atoms with Crippen LogP contribution in [0, 0.1) is 18.3 Å². The number of ether oxygens (including phenoxy) is 1. The number of hydrogen-bond acceptors (Lipinski definition) is 6. The maximum atomic E-state index is 11.5. The van der Waals surface area contributed by atoms with Crippen molar-refractivity contribution in [2.24, 2.45) is 0 Å². The molecule has 1 heterocycles. The lowest BCUT2D eigenvalue weighted by molar-refractivity contribution is 0.312. The van der Waals surface area contributed by atoms with Crippen LogP contribution in [0.1, 0.15) is 17.5 Å². The van der Waals surface area contributed by atoms with Crippen LogP contribution in [0.2, 0.25) is 0 Å². The molecule has 0 fully saturated rings. The number of sulfone groups is 1. The third-order valence-electron chi connectivity index (χ3n) is 4.73. The van der Waals surface area contributed by atoms with Crippen molar-refractivity contribution in [3.05, 3.63) is 59.8 Å². The van der Waals surface area contributed by atoms with Crippen molar-refractivity contribution in [3.63, 3.8) is 0 Å². The molecule has 0 amide bonds. The van der Waals surface area contributed by atoms with Crippen LogP contribution in [0.3, 0.4) is 0 Å². The number of aromatic nitrogens is 1. The zero-order valence-electron chi connectivity index (χ0n) is 16.7. The Morgan fingerprint density at radius 2 is 1.90 bits per heavy atom. The summed E-state index contributed by atoms with van der Waals surface area (Å²) in [5.41, 5.74) is 3.39. The second-order valence-corrected chi connectivity index (χ2v) is 8.99. The fourth-order valence-corrected chi connectivity index (χ4v) is 3.87. The van der Waals surface area contributed by atoms with Crippen molar-refractivity contribution in [2.45, 2.75) is 18.2 Å². The van der Waals surface area contributed by atoms with E-state index in [1.165, 1.54) is 6.26 Å². The van der Waals surface area contributed by atoms with Gasteiger partial charge < -0.3 is 9.64 Å². The van der Waals surface area contributed by atoms with Gasteiger partial charge in [-0.1, -0.05) is 18.2 Å². The minimum atomic E-state index is -3.21. The van der Waals surface area contributed by atoms with Crippen LogP contribution in [0.15, 0.2) is 53.6 Å². The van der Waals surface area contributed by atoms with Gasteiger partial charge in [0, 0.05) is 31.4 Å². The summed E-state index contributed by atoms with van der Waals surface area (Å²) >= 11 is 0. The number of aryl methyl sites for hydroxylation is 1. The van der Waals surface area contributed by atoms with Gasteiger partial charge in [-0.15, -0.1) is 0 Å². The summed E-state index contributed by atoms with van der Waals surface area (Å²) in [6.45, 7) is 3.18. The molecule has 0 saturated heterocycles. The molecule has 0 unspecified atom stereocenters. The monoisotopic (exact) mass is 409 g/mol. The van der Waals surface area contributed by atoms with Gasteiger partial charge in [0.15, 0.2) is 9.84 Å². The van der Waals surface area contributed by atoms with Gasteiger partial charge in [0.2, 0.25) is 0 Å². The molecule has 29 heavy (non-hydrogen) atoms. The Balaban J connectivity index is 1.66. The molecule has 0 N–H and O–H groups in total. The number of fused-ring (bicyclic) bond motifs is 1. The lowest BCUT2D eigenvalue weighted by Crippen LogP contribution is -2.22. The maximum Gasteiger partial charge on any atom is 0.175 e. The molecule has 1 aromatic heterocycles. The first-order valence-electron chi connectivity index (χ1n) is 9.24. The molecule has 0 aliphatic carbocycles. The molecule has 0 saturated carbocycles. The van der Waals surface area contributed by atoms with E-state index in [0.29, 0.717) is 24.5 Å². The first-order chi connectivity index (χ1) is 13.8. The Kier molecular flexibility index (Phi) is 6.04. The van der Waals surface area contributed by atoms with E-state index >= 15 is 0 Å². The lowest BCUT2D eigenvalue weighted by Gasteiger charge is -2.22. The summed E-state index contributed by atoms with van der Waals surface area (Å²) < 4.78 is 28.7. The molecule has 2 aromatic carbocycles. The van der Waals surface area contributed by atoms with Crippen molar-refractivity contribution in [1.29, 1.82) is 5.26 Å². The normalized spacial score (nSPS) is 11.2. The Hall–Kier alpha value is -3.11. The third kappa shape index (κ3) is 4.66. The van der Waals surface area contributed by atoms with Crippen molar-refractivity contribution in [2.75, 3.05) is 31.4 Å². The van der Waals surface area contributed by atoms with Crippen LogP contribution in [-0.4, -0.2) is 39.9 Å². The minimum absolute atomic E-state index is 0.272. The van der Waals surface area contributed by atoms with Gasteiger partial charge in [0.25, 0.3) is 0 Å². The van der Waals surface area contributed by atoms with Crippen molar-refractivity contribution < 1.29 is 13.2 Å². The van der Waals surface area contributed by atoms with Gasteiger partial charge in [-0.2, -0.15) is 5.26 Å². The van der Waals surface area contributed by atoms with Crippen LogP contribution < -0.4 is 9.64 Å². The first kappa shape index (κ1) is 20.6. The van der Waals surface area contributed by atoms with Crippen LogP contribution >= 0.6 is 0 Å². The van der Waals surface area contributed by atoms with Gasteiger partial charge in [-0.05, 0) is 43.2 Å². The highest BCUT2D eigenvalue weighted by molar-refractivity contribution is 7.90. The summed E-state index contributed by atoms with van der Waals surface area (Å²) in [4.78, 5) is 6.76. The zero-order valence-corrected chi connectivity index (χ0v) is 17.5. The summed E-state index contributed by atoms with van der Waals surface area (Å²) in [5.74, 6) is 0.628. The Bertz CT molecular complexity index is 1170. The summed E-state index contributed by atoms with van der Waals surface area (Å²) in [6.07, 6.45) is 3.55. The Labute approximate surface area is 171 Å². The Morgan fingerprint density at radius 1 is 1.17 bits per heavy atom. The highest BCUT2D eigenvalue weighted by Crippen LogP contribution is 2.30. The zero-order chi connectivity index (χ0) is 21.0. The topological polar surface area (TPSA) is 83.3 Å². The van der Waals surface area contributed by atoms with E-state index in [4.69, 9.17) is 4.74 Å². The number of para-hydroxylation sites is 1. The first-order valence-corrected chi connectivity index (χ1v) is 11.1. The second-order valence-electron chi connectivity index (χ2n) is 6.97. The largest absolute Gasteiger partial charge is 0.494 e. The highest BCUT2D eigenvalue weighted by atomic mass is 32.2.